The molecule has 2 heteroatoms. The van der Waals surface area contributed by atoms with Crippen LogP contribution in [0.3, 0.4) is 0 Å². The van der Waals surface area contributed by atoms with E-state index in [0.717, 1.165) is 11.8 Å². The number of hydrogen-bond donors (Lipinski definition) is 1. The minimum atomic E-state index is 0. The lowest BCUT2D eigenvalue weighted by Crippen LogP contribution is -2.35. The van der Waals surface area contributed by atoms with E-state index in [0.29, 0.717) is 0 Å². The quantitative estimate of drug-likeness (QED) is 0.816. The van der Waals surface area contributed by atoms with Gasteiger partial charge in [-0.3, -0.25) is 0 Å². The standard InChI is InChI=1S/C13H19N.ClH/c1-11-10-14-8-7-13(11)9-12-5-3-2-4-6-12;/h2-6,11,13-14H,7-10H2,1H3;1H. The number of hydrogen-bond acceptors (Lipinski definition) is 1. The molecule has 1 heterocycles. The Morgan fingerprint density at radius 1 is 1.27 bits per heavy atom. The van der Waals surface area contributed by atoms with Crippen LogP contribution in [0.25, 0.3) is 0 Å². The van der Waals surface area contributed by atoms with Crippen molar-refractivity contribution in [2.75, 3.05) is 13.1 Å². The van der Waals surface area contributed by atoms with Gasteiger partial charge in [-0.25, -0.2) is 0 Å². The molecule has 1 aliphatic rings. The van der Waals surface area contributed by atoms with E-state index in [4.69, 9.17) is 0 Å². The summed E-state index contributed by atoms with van der Waals surface area (Å²) in [6.07, 6.45) is 2.58. The van der Waals surface area contributed by atoms with Crippen LogP contribution in [0.2, 0.25) is 0 Å². The van der Waals surface area contributed by atoms with E-state index in [1.807, 2.05) is 0 Å². The maximum atomic E-state index is 3.45. The summed E-state index contributed by atoms with van der Waals surface area (Å²) in [5.41, 5.74) is 1.49. The Morgan fingerprint density at radius 3 is 2.67 bits per heavy atom. The first-order valence-electron chi connectivity index (χ1n) is 5.61. The fourth-order valence-electron chi connectivity index (χ4n) is 2.29. The molecular formula is C13H20ClN. The molecule has 2 rings (SSSR count). The number of halogens is 1. The molecule has 0 radical (unpaired) electrons. The fraction of sp³-hybridized carbons (Fsp3) is 0.538. The van der Waals surface area contributed by atoms with Gasteiger partial charge in [0.25, 0.3) is 0 Å². The normalized spacial score (nSPS) is 25.7. The topological polar surface area (TPSA) is 12.0 Å². The second-order valence-electron chi connectivity index (χ2n) is 4.42. The third-order valence-corrected chi connectivity index (χ3v) is 3.30. The highest BCUT2D eigenvalue weighted by Gasteiger charge is 2.20. The van der Waals surface area contributed by atoms with Gasteiger partial charge in [-0.1, -0.05) is 37.3 Å². The number of nitrogens with one attached hydrogen (secondary N) is 1. The maximum absolute atomic E-state index is 3.45. The van der Waals surface area contributed by atoms with E-state index in [2.05, 4.69) is 42.6 Å². The minimum absolute atomic E-state index is 0. The van der Waals surface area contributed by atoms with Gasteiger partial charge in [-0.2, -0.15) is 0 Å². The third kappa shape index (κ3) is 3.51. The van der Waals surface area contributed by atoms with Crippen LogP contribution < -0.4 is 5.32 Å². The summed E-state index contributed by atoms with van der Waals surface area (Å²) in [5, 5.41) is 3.45. The van der Waals surface area contributed by atoms with Crippen LogP contribution in [-0.2, 0) is 6.42 Å². The zero-order valence-corrected chi connectivity index (χ0v) is 10.1. The molecule has 0 spiro atoms. The number of benzene rings is 1. The molecule has 0 amide bonds. The van der Waals surface area contributed by atoms with Crippen molar-refractivity contribution in [3.63, 3.8) is 0 Å². The Kier molecular flexibility index (Phi) is 5.13. The van der Waals surface area contributed by atoms with E-state index < -0.39 is 0 Å². The molecule has 1 aromatic rings. The van der Waals surface area contributed by atoms with Crippen molar-refractivity contribution in [3.05, 3.63) is 35.9 Å². The van der Waals surface area contributed by atoms with Gasteiger partial charge in [0, 0.05) is 0 Å². The van der Waals surface area contributed by atoms with Gasteiger partial charge >= 0.3 is 0 Å². The fourth-order valence-corrected chi connectivity index (χ4v) is 2.29. The molecular weight excluding hydrogens is 206 g/mol. The van der Waals surface area contributed by atoms with Gasteiger partial charge in [0.05, 0.1) is 0 Å². The molecule has 1 aliphatic heterocycles. The average Bonchev–Trinajstić information content (AvgIpc) is 2.23. The summed E-state index contributed by atoms with van der Waals surface area (Å²) in [6, 6.07) is 10.9. The van der Waals surface area contributed by atoms with Gasteiger partial charge in [-0.15, -0.1) is 12.4 Å². The zero-order chi connectivity index (χ0) is 9.80. The van der Waals surface area contributed by atoms with Crippen LogP contribution in [0.5, 0.6) is 0 Å². The van der Waals surface area contributed by atoms with Crippen molar-refractivity contribution in [3.8, 4) is 0 Å². The lowest BCUT2D eigenvalue weighted by Gasteiger charge is -2.29. The highest BCUT2D eigenvalue weighted by Crippen LogP contribution is 2.22. The molecule has 0 aliphatic carbocycles. The molecule has 1 saturated heterocycles. The smallest absolute Gasteiger partial charge is 0.00204 e. The van der Waals surface area contributed by atoms with E-state index in [1.165, 1.54) is 31.5 Å². The van der Waals surface area contributed by atoms with Crippen LogP contribution in [0.15, 0.2) is 30.3 Å². The summed E-state index contributed by atoms with van der Waals surface area (Å²) < 4.78 is 0. The highest BCUT2D eigenvalue weighted by molar-refractivity contribution is 5.85. The molecule has 2 unspecified atom stereocenters. The first-order valence-corrected chi connectivity index (χ1v) is 5.61. The van der Waals surface area contributed by atoms with Gasteiger partial charge in [0.1, 0.15) is 0 Å². The van der Waals surface area contributed by atoms with Crippen molar-refractivity contribution in [2.45, 2.75) is 19.8 Å². The van der Waals surface area contributed by atoms with Crippen LogP contribution in [0.1, 0.15) is 18.9 Å². The van der Waals surface area contributed by atoms with Gasteiger partial charge < -0.3 is 5.32 Å². The predicted molar refractivity (Wildman–Crippen MR) is 67.5 cm³/mol. The third-order valence-electron chi connectivity index (χ3n) is 3.30. The molecule has 1 N–H and O–H groups in total. The minimum Gasteiger partial charge on any atom is -0.316 e. The van der Waals surface area contributed by atoms with Crippen LogP contribution in [0.4, 0.5) is 0 Å². The predicted octanol–water partition coefficient (Wildman–Crippen LogP) is 2.90. The molecule has 84 valence electrons. The summed E-state index contributed by atoms with van der Waals surface area (Å²) in [7, 11) is 0. The van der Waals surface area contributed by atoms with Crippen molar-refractivity contribution < 1.29 is 0 Å². The van der Waals surface area contributed by atoms with E-state index >= 15 is 0 Å². The first kappa shape index (κ1) is 12.5. The Morgan fingerprint density at radius 2 is 2.00 bits per heavy atom. The maximum Gasteiger partial charge on any atom is -0.00204 e. The molecule has 2 atom stereocenters. The Balaban J connectivity index is 0.00000112. The van der Waals surface area contributed by atoms with Gasteiger partial charge in [0.2, 0.25) is 0 Å². The lowest BCUT2D eigenvalue weighted by atomic mass is 9.83. The van der Waals surface area contributed by atoms with Crippen molar-refractivity contribution >= 4 is 12.4 Å². The van der Waals surface area contributed by atoms with Gasteiger partial charge in [0.15, 0.2) is 0 Å². The van der Waals surface area contributed by atoms with Crippen molar-refractivity contribution in [1.29, 1.82) is 0 Å². The molecule has 0 saturated carbocycles. The van der Waals surface area contributed by atoms with E-state index in [9.17, 15) is 0 Å². The Bertz CT molecular complexity index is 273. The van der Waals surface area contributed by atoms with E-state index in [1.54, 1.807) is 0 Å². The number of rotatable bonds is 2. The second-order valence-corrected chi connectivity index (χ2v) is 4.42. The van der Waals surface area contributed by atoms with E-state index in [-0.39, 0.29) is 12.4 Å². The molecule has 1 aromatic carbocycles. The summed E-state index contributed by atoms with van der Waals surface area (Å²) in [6.45, 7) is 4.75. The Hall–Kier alpha value is -0.530. The molecule has 15 heavy (non-hydrogen) atoms. The number of piperidine rings is 1. The average molecular weight is 226 g/mol. The highest BCUT2D eigenvalue weighted by atomic mass is 35.5. The molecule has 0 aromatic heterocycles. The van der Waals surface area contributed by atoms with Gasteiger partial charge in [-0.05, 0) is 43.3 Å². The summed E-state index contributed by atoms with van der Waals surface area (Å²) in [4.78, 5) is 0. The molecule has 1 fully saturated rings. The summed E-state index contributed by atoms with van der Waals surface area (Å²) >= 11 is 0. The van der Waals surface area contributed by atoms with Crippen LogP contribution in [-0.4, -0.2) is 13.1 Å². The Labute approximate surface area is 98.7 Å². The SMILES string of the molecule is CC1CNCCC1Cc1ccccc1.Cl. The largest absolute Gasteiger partial charge is 0.316 e. The first-order chi connectivity index (χ1) is 6.86. The second kappa shape index (κ2) is 6.14. The zero-order valence-electron chi connectivity index (χ0n) is 9.28. The van der Waals surface area contributed by atoms with Crippen molar-refractivity contribution in [2.24, 2.45) is 11.8 Å². The lowest BCUT2D eigenvalue weighted by molar-refractivity contribution is 0.272. The van der Waals surface area contributed by atoms with Crippen molar-refractivity contribution in [1.82, 2.24) is 5.32 Å². The van der Waals surface area contributed by atoms with Crippen LogP contribution >= 0.6 is 12.4 Å². The molecule has 0 bridgehead atoms. The molecule has 1 nitrogen and oxygen atoms in total. The van der Waals surface area contributed by atoms with Crippen LogP contribution in [0, 0.1) is 11.8 Å². The summed E-state index contributed by atoms with van der Waals surface area (Å²) in [5.74, 6) is 1.70. The monoisotopic (exact) mass is 225 g/mol.